The quantitative estimate of drug-likeness (QED) is 0.384. The SMILES string of the molecule is CC(=O)N1CCC(n2c(=O)c(-c3ccc(F)cc3)c(-c3ccnc(N(C)Cc4ccccc4)n3)n2C)CC1. The Balaban J connectivity index is 1.58. The third kappa shape index (κ3) is 4.96. The van der Waals surface area contributed by atoms with E-state index in [2.05, 4.69) is 4.98 Å². The fraction of sp³-hybridized carbons (Fsp3) is 0.310. The van der Waals surface area contributed by atoms with E-state index in [1.807, 2.05) is 58.9 Å². The van der Waals surface area contributed by atoms with Gasteiger partial charge in [-0.3, -0.25) is 14.3 Å². The average molecular weight is 515 g/mol. The molecule has 3 heterocycles. The van der Waals surface area contributed by atoms with Crippen LogP contribution in [0.2, 0.25) is 0 Å². The van der Waals surface area contributed by atoms with Crippen LogP contribution in [-0.2, 0) is 18.4 Å². The molecule has 38 heavy (non-hydrogen) atoms. The van der Waals surface area contributed by atoms with Gasteiger partial charge >= 0.3 is 0 Å². The number of piperidine rings is 1. The largest absolute Gasteiger partial charge is 0.343 e. The number of amides is 1. The Hall–Kier alpha value is -4.27. The number of rotatable bonds is 6. The number of halogens is 1. The van der Waals surface area contributed by atoms with E-state index in [4.69, 9.17) is 4.98 Å². The number of anilines is 1. The van der Waals surface area contributed by atoms with E-state index in [-0.39, 0.29) is 23.3 Å². The molecule has 0 aliphatic carbocycles. The first-order chi connectivity index (χ1) is 18.3. The van der Waals surface area contributed by atoms with E-state index in [1.54, 1.807) is 36.0 Å². The molecular formula is C29H31FN6O2. The first kappa shape index (κ1) is 25.4. The van der Waals surface area contributed by atoms with E-state index in [0.717, 1.165) is 5.56 Å². The van der Waals surface area contributed by atoms with Crippen LogP contribution in [0.25, 0.3) is 22.5 Å². The number of carbonyl (C=O) groups is 1. The lowest BCUT2D eigenvalue weighted by atomic mass is 10.0. The normalized spacial score (nSPS) is 14.1. The number of nitrogens with zero attached hydrogens (tertiary/aromatic N) is 6. The molecule has 2 aromatic carbocycles. The van der Waals surface area contributed by atoms with Crippen molar-refractivity contribution in [1.82, 2.24) is 24.2 Å². The molecule has 196 valence electrons. The predicted molar refractivity (Wildman–Crippen MR) is 145 cm³/mol. The average Bonchev–Trinajstić information content (AvgIpc) is 3.19. The predicted octanol–water partition coefficient (Wildman–Crippen LogP) is 4.27. The topological polar surface area (TPSA) is 76.3 Å². The van der Waals surface area contributed by atoms with Crippen molar-refractivity contribution in [1.29, 1.82) is 0 Å². The van der Waals surface area contributed by atoms with Crippen LogP contribution >= 0.6 is 0 Å². The molecule has 9 heteroatoms. The zero-order valence-electron chi connectivity index (χ0n) is 21.8. The summed E-state index contributed by atoms with van der Waals surface area (Å²) in [5.74, 6) is 0.213. The van der Waals surface area contributed by atoms with E-state index in [1.165, 1.54) is 12.1 Å². The van der Waals surface area contributed by atoms with Crippen LogP contribution in [0.1, 0.15) is 31.4 Å². The fourth-order valence-corrected chi connectivity index (χ4v) is 5.22. The number of likely N-dealkylation sites (tertiary alicyclic amines) is 1. The summed E-state index contributed by atoms with van der Waals surface area (Å²) in [6.07, 6.45) is 3.05. The minimum Gasteiger partial charge on any atom is -0.343 e. The minimum absolute atomic E-state index is 0.0449. The van der Waals surface area contributed by atoms with Crippen LogP contribution in [-0.4, -0.2) is 50.3 Å². The Kier molecular flexibility index (Phi) is 7.09. The van der Waals surface area contributed by atoms with Gasteiger partial charge in [0.25, 0.3) is 5.56 Å². The van der Waals surface area contributed by atoms with Crippen LogP contribution in [0.3, 0.4) is 0 Å². The molecule has 1 saturated heterocycles. The molecule has 5 rings (SSSR count). The highest BCUT2D eigenvalue weighted by Gasteiger charge is 2.29. The van der Waals surface area contributed by atoms with Gasteiger partial charge in [0.05, 0.1) is 23.0 Å². The summed E-state index contributed by atoms with van der Waals surface area (Å²) < 4.78 is 17.4. The molecule has 0 radical (unpaired) electrons. The Labute approximate surface area is 221 Å². The van der Waals surface area contributed by atoms with Crippen LogP contribution in [0.5, 0.6) is 0 Å². The summed E-state index contributed by atoms with van der Waals surface area (Å²) in [4.78, 5) is 38.9. The molecule has 1 amide bonds. The van der Waals surface area contributed by atoms with Crippen LogP contribution in [0.15, 0.2) is 71.7 Å². The summed E-state index contributed by atoms with van der Waals surface area (Å²) in [6, 6.07) is 17.8. The molecule has 8 nitrogen and oxygen atoms in total. The van der Waals surface area contributed by atoms with Gasteiger partial charge in [0.15, 0.2) is 0 Å². The Morgan fingerprint density at radius 2 is 1.74 bits per heavy atom. The number of benzene rings is 2. The number of carbonyl (C=O) groups excluding carboxylic acids is 1. The lowest BCUT2D eigenvalue weighted by Crippen LogP contribution is -2.40. The smallest absolute Gasteiger partial charge is 0.275 e. The molecule has 0 unspecified atom stereocenters. The highest BCUT2D eigenvalue weighted by atomic mass is 19.1. The maximum Gasteiger partial charge on any atom is 0.275 e. The van der Waals surface area contributed by atoms with Gasteiger partial charge in [0.2, 0.25) is 11.9 Å². The van der Waals surface area contributed by atoms with Crippen molar-refractivity contribution in [3.63, 3.8) is 0 Å². The second kappa shape index (κ2) is 10.6. The number of hydrogen-bond donors (Lipinski definition) is 0. The minimum atomic E-state index is -0.366. The number of hydrogen-bond acceptors (Lipinski definition) is 5. The summed E-state index contributed by atoms with van der Waals surface area (Å²) in [7, 11) is 3.79. The van der Waals surface area contributed by atoms with Crippen molar-refractivity contribution >= 4 is 11.9 Å². The van der Waals surface area contributed by atoms with Crippen LogP contribution in [0, 0.1) is 5.82 Å². The van der Waals surface area contributed by atoms with Crippen molar-refractivity contribution in [3.8, 4) is 22.5 Å². The Morgan fingerprint density at radius 3 is 2.39 bits per heavy atom. The molecule has 1 aliphatic rings. The maximum absolute atomic E-state index is 14.0. The lowest BCUT2D eigenvalue weighted by molar-refractivity contribution is -0.130. The second-order valence-corrected chi connectivity index (χ2v) is 9.72. The highest BCUT2D eigenvalue weighted by Crippen LogP contribution is 2.32. The third-order valence-corrected chi connectivity index (χ3v) is 7.18. The Morgan fingerprint density at radius 1 is 1.05 bits per heavy atom. The van der Waals surface area contributed by atoms with Gasteiger partial charge in [-0.05, 0) is 42.2 Å². The van der Waals surface area contributed by atoms with Gasteiger partial charge in [-0.1, -0.05) is 42.5 Å². The van der Waals surface area contributed by atoms with Crippen molar-refractivity contribution in [2.45, 2.75) is 32.4 Å². The van der Waals surface area contributed by atoms with Gasteiger partial charge < -0.3 is 9.80 Å². The molecule has 4 aromatic rings. The van der Waals surface area contributed by atoms with Crippen molar-refractivity contribution in [2.24, 2.45) is 7.05 Å². The number of aromatic nitrogens is 4. The zero-order chi connectivity index (χ0) is 26.8. The molecule has 1 aliphatic heterocycles. The van der Waals surface area contributed by atoms with Gasteiger partial charge in [-0.2, -0.15) is 0 Å². The Bertz CT molecular complexity index is 1490. The van der Waals surface area contributed by atoms with Crippen molar-refractivity contribution in [2.75, 3.05) is 25.0 Å². The molecule has 0 spiro atoms. The summed E-state index contributed by atoms with van der Waals surface area (Å²) >= 11 is 0. The zero-order valence-corrected chi connectivity index (χ0v) is 21.8. The first-order valence-corrected chi connectivity index (χ1v) is 12.7. The highest BCUT2D eigenvalue weighted by molar-refractivity contribution is 5.79. The van der Waals surface area contributed by atoms with Gasteiger partial charge in [-0.15, -0.1) is 0 Å². The molecular weight excluding hydrogens is 483 g/mol. The third-order valence-electron chi connectivity index (χ3n) is 7.18. The van der Waals surface area contributed by atoms with E-state index in [0.29, 0.717) is 60.9 Å². The van der Waals surface area contributed by atoms with Gasteiger partial charge in [0, 0.05) is 46.9 Å². The molecule has 0 bridgehead atoms. The van der Waals surface area contributed by atoms with Crippen LogP contribution in [0.4, 0.5) is 10.3 Å². The van der Waals surface area contributed by atoms with E-state index in [9.17, 15) is 14.0 Å². The molecule has 2 aromatic heterocycles. The summed E-state index contributed by atoms with van der Waals surface area (Å²) in [6.45, 7) is 3.40. The maximum atomic E-state index is 14.0. The van der Waals surface area contributed by atoms with Gasteiger partial charge in [-0.25, -0.2) is 19.0 Å². The van der Waals surface area contributed by atoms with E-state index < -0.39 is 0 Å². The monoisotopic (exact) mass is 514 g/mol. The van der Waals surface area contributed by atoms with Crippen LogP contribution < -0.4 is 10.5 Å². The molecule has 1 fully saturated rings. The molecule has 0 saturated carbocycles. The lowest BCUT2D eigenvalue weighted by Gasteiger charge is -2.32. The fourth-order valence-electron chi connectivity index (χ4n) is 5.22. The van der Waals surface area contributed by atoms with E-state index >= 15 is 0 Å². The standard InChI is InChI=1S/C29H31FN6O2/c1-20(37)35-17-14-24(15-18-35)36-28(38)26(22-9-11-23(30)12-10-22)27(34(36)3)25-13-16-31-29(32-25)33(2)19-21-7-5-4-6-8-21/h4-13,16,24H,14-15,17-19H2,1-3H3. The van der Waals surface area contributed by atoms with Crippen molar-refractivity contribution < 1.29 is 9.18 Å². The van der Waals surface area contributed by atoms with Gasteiger partial charge in [0.1, 0.15) is 5.82 Å². The van der Waals surface area contributed by atoms with Crippen molar-refractivity contribution in [3.05, 3.63) is 88.6 Å². The summed E-state index contributed by atoms with van der Waals surface area (Å²) in [5, 5.41) is 0. The molecule has 0 atom stereocenters. The molecule has 0 N–H and O–H groups in total. The first-order valence-electron chi connectivity index (χ1n) is 12.7. The second-order valence-electron chi connectivity index (χ2n) is 9.72. The summed E-state index contributed by atoms with van der Waals surface area (Å²) in [5.41, 5.74) is 3.32.